The Hall–Kier alpha value is -1.79. The SMILES string of the molecule is O=C(CC1(C(=O)O)CCC1)NC1CCN(c2ccc(Cl)c(Cl)c2)C1=O. The molecule has 1 aliphatic heterocycles. The lowest BCUT2D eigenvalue weighted by atomic mass is 9.66. The quantitative estimate of drug-likeness (QED) is 0.816. The van der Waals surface area contributed by atoms with Crippen molar-refractivity contribution in [1.82, 2.24) is 5.32 Å². The molecule has 6 nitrogen and oxygen atoms in total. The molecule has 1 aliphatic carbocycles. The molecule has 134 valence electrons. The molecule has 1 heterocycles. The summed E-state index contributed by atoms with van der Waals surface area (Å²) >= 11 is 11.9. The topological polar surface area (TPSA) is 86.7 Å². The lowest BCUT2D eigenvalue weighted by Crippen LogP contribution is -2.46. The Kier molecular flexibility index (Phi) is 4.93. The minimum atomic E-state index is -0.963. The number of hydrogen-bond donors (Lipinski definition) is 2. The highest BCUT2D eigenvalue weighted by atomic mass is 35.5. The molecule has 0 aromatic heterocycles. The van der Waals surface area contributed by atoms with Gasteiger partial charge in [-0.3, -0.25) is 14.4 Å². The van der Waals surface area contributed by atoms with Crippen LogP contribution in [0.4, 0.5) is 5.69 Å². The zero-order chi connectivity index (χ0) is 18.2. The lowest BCUT2D eigenvalue weighted by Gasteiger charge is -2.37. The number of rotatable bonds is 5. The van der Waals surface area contributed by atoms with Crippen LogP contribution in [-0.2, 0) is 14.4 Å². The van der Waals surface area contributed by atoms with E-state index in [9.17, 15) is 19.5 Å². The van der Waals surface area contributed by atoms with E-state index >= 15 is 0 Å². The summed E-state index contributed by atoms with van der Waals surface area (Å²) in [7, 11) is 0. The third kappa shape index (κ3) is 3.46. The highest BCUT2D eigenvalue weighted by molar-refractivity contribution is 6.42. The van der Waals surface area contributed by atoms with Crippen LogP contribution in [0.2, 0.25) is 10.0 Å². The number of carboxylic acid groups (broad SMARTS) is 1. The summed E-state index contributed by atoms with van der Waals surface area (Å²) in [6.45, 7) is 0.450. The van der Waals surface area contributed by atoms with Gasteiger partial charge >= 0.3 is 5.97 Å². The molecule has 1 aromatic rings. The van der Waals surface area contributed by atoms with Crippen LogP contribution in [0.15, 0.2) is 18.2 Å². The summed E-state index contributed by atoms with van der Waals surface area (Å²) in [5.74, 6) is -1.56. The maximum atomic E-state index is 12.5. The van der Waals surface area contributed by atoms with E-state index in [0.29, 0.717) is 41.5 Å². The molecule has 1 atom stereocenters. The molecular formula is C17H18Cl2N2O4. The molecule has 1 unspecified atom stereocenters. The van der Waals surface area contributed by atoms with Crippen LogP contribution in [0.1, 0.15) is 32.1 Å². The molecule has 25 heavy (non-hydrogen) atoms. The Balaban J connectivity index is 1.63. The molecule has 2 fully saturated rings. The Morgan fingerprint density at radius 2 is 2.00 bits per heavy atom. The van der Waals surface area contributed by atoms with Gasteiger partial charge in [0.15, 0.2) is 0 Å². The van der Waals surface area contributed by atoms with Crippen LogP contribution >= 0.6 is 23.2 Å². The molecule has 1 saturated heterocycles. The summed E-state index contributed by atoms with van der Waals surface area (Å²) in [6.07, 6.45) is 2.20. The summed E-state index contributed by atoms with van der Waals surface area (Å²) in [4.78, 5) is 37.7. The Morgan fingerprint density at radius 3 is 2.56 bits per heavy atom. The van der Waals surface area contributed by atoms with Gasteiger partial charge in [-0.2, -0.15) is 0 Å². The summed E-state index contributed by atoms with van der Waals surface area (Å²) in [6, 6.07) is 4.28. The first-order chi connectivity index (χ1) is 11.8. The number of nitrogens with zero attached hydrogens (tertiary/aromatic N) is 1. The van der Waals surface area contributed by atoms with Crippen molar-refractivity contribution in [2.45, 2.75) is 38.1 Å². The Labute approximate surface area is 155 Å². The van der Waals surface area contributed by atoms with Crippen molar-refractivity contribution in [3.8, 4) is 0 Å². The molecule has 0 radical (unpaired) electrons. The third-order valence-corrected chi connectivity index (χ3v) is 5.76. The second-order valence-electron chi connectivity index (χ2n) is 6.61. The smallest absolute Gasteiger partial charge is 0.310 e. The van der Waals surface area contributed by atoms with Crippen molar-refractivity contribution in [2.24, 2.45) is 5.41 Å². The fourth-order valence-electron chi connectivity index (χ4n) is 3.35. The van der Waals surface area contributed by atoms with Gasteiger partial charge in [0.1, 0.15) is 6.04 Å². The first-order valence-corrected chi connectivity index (χ1v) is 8.87. The number of carboxylic acids is 1. The molecule has 8 heteroatoms. The molecule has 2 aliphatic rings. The van der Waals surface area contributed by atoms with Crippen molar-refractivity contribution in [2.75, 3.05) is 11.4 Å². The standard InChI is InChI=1S/C17H18Cl2N2O4/c18-11-3-2-10(8-12(11)19)21-7-4-13(15(21)23)20-14(22)9-17(16(24)25)5-1-6-17/h2-3,8,13H,1,4-7,9H2,(H,20,22)(H,24,25). The van der Waals surface area contributed by atoms with E-state index in [-0.39, 0.29) is 12.3 Å². The van der Waals surface area contributed by atoms with Crippen molar-refractivity contribution in [1.29, 1.82) is 0 Å². The molecule has 2 N–H and O–H groups in total. The number of amides is 2. The Morgan fingerprint density at radius 1 is 1.28 bits per heavy atom. The zero-order valence-electron chi connectivity index (χ0n) is 13.4. The van der Waals surface area contributed by atoms with Crippen molar-refractivity contribution in [3.05, 3.63) is 28.2 Å². The average molecular weight is 385 g/mol. The van der Waals surface area contributed by atoms with Crippen molar-refractivity contribution in [3.63, 3.8) is 0 Å². The van der Waals surface area contributed by atoms with Gasteiger partial charge in [-0.1, -0.05) is 29.6 Å². The first-order valence-electron chi connectivity index (χ1n) is 8.12. The minimum Gasteiger partial charge on any atom is -0.481 e. The molecule has 0 bridgehead atoms. The second-order valence-corrected chi connectivity index (χ2v) is 7.43. The van der Waals surface area contributed by atoms with E-state index in [1.807, 2.05) is 0 Å². The largest absolute Gasteiger partial charge is 0.481 e. The van der Waals surface area contributed by atoms with Crippen LogP contribution in [-0.4, -0.2) is 35.5 Å². The number of benzene rings is 1. The van der Waals surface area contributed by atoms with Crippen LogP contribution in [0.25, 0.3) is 0 Å². The number of anilines is 1. The Bertz CT molecular complexity index is 733. The molecule has 0 spiro atoms. The second kappa shape index (κ2) is 6.84. The van der Waals surface area contributed by atoms with Gasteiger partial charge in [0.2, 0.25) is 11.8 Å². The first kappa shape index (κ1) is 18.0. The van der Waals surface area contributed by atoms with Crippen LogP contribution in [0, 0.1) is 5.41 Å². The predicted octanol–water partition coefficient (Wildman–Crippen LogP) is 2.86. The van der Waals surface area contributed by atoms with Gasteiger partial charge in [-0.05, 0) is 37.5 Å². The zero-order valence-corrected chi connectivity index (χ0v) is 14.9. The third-order valence-electron chi connectivity index (χ3n) is 5.02. The van der Waals surface area contributed by atoms with Crippen molar-refractivity contribution < 1.29 is 19.5 Å². The van der Waals surface area contributed by atoms with E-state index in [0.717, 1.165) is 6.42 Å². The average Bonchev–Trinajstić information content (AvgIpc) is 2.86. The minimum absolute atomic E-state index is 0.0844. The molecule has 1 aromatic carbocycles. The monoisotopic (exact) mass is 384 g/mol. The molecular weight excluding hydrogens is 367 g/mol. The summed E-state index contributed by atoms with van der Waals surface area (Å²) in [5.41, 5.74) is -0.341. The number of nitrogens with one attached hydrogen (secondary N) is 1. The van der Waals surface area contributed by atoms with Crippen LogP contribution in [0.5, 0.6) is 0 Å². The van der Waals surface area contributed by atoms with Gasteiger partial charge in [-0.25, -0.2) is 0 Å². The number of carbonyl (C=O) groups excluding carboxylic acids is 2. The maximum Gasteiger partial charge on any atom is 0.310 e. The summed E-state index contributed by atoms with van der Waals surface area (Å²) < 4.78 is 0. The number of halogens is 2. The molecule has 3 rings (SSSR count). The van der Waals surface area contributed by atoms with Crippen molar-refractivity contribution >= 4 is 46.7 Å². The summed E-state index contributed by atoms with van der Waals surface area (Å²) in [5, 5.41) is 12.7. The van der Waals surface area contributed by atoms with Gasteiger partial charge in [0.05, 0.1) is 15.5 Å². The maximum absolute atomic E-state index is 12.5. The van der Waals surface area contributed by atoms with Gasteiger partial charge in [0, 0.05) is 18.7 Å². The van der Waals surface area contributed by atoms with E-state index < -0.39 is 23.3 Å². The van der Waals surface area contributed by atoms with E-state index in [4.69, 9.17) is 23.2 Å². The fourth-order valence-corrected chi connectivity index (χ4v) is 3.64. The highest BCUT2D eigenvalue weighted by Crippen LogP contribution is 2.44. The van der Waals surface area contributed by atoms with Crippen LogP contribution < -0.4 is 10.2 Å². The van der Waals surface area contributed by atoms with Gasteiger partial charge in [-0.15, -0.1) is 0 Å². The van der Waals surface area contributed by atoms with Crippen LogP contribution in [0.3, 0.4) is 0 Å². The molecule has 2 amide bonds. The normalized spacial score (nSPS) is 21.8. The molecule has 1 saturated carbocycles. The fraction of sp³-hybridized carbons (Fsp3) is 0.471. The number of aliphatic carboxylic acids is 1. The number of carbonyl (C=O) groups is 3. The highest BCUT2D eigenvalue weighted by Gasteiger charge is 2.46. The van der Waals surface area contributed by atoms with E-state index in [2.05, 4.69) is 5.32 Å². The predicted molar refractivity (Wildman–Crippen MR) is 93.9 cm³/mol. The van der Waals surface area contributed by atoms with Gasteiger partial charge < -0.3 is 15.3 Å². The lowest BCUT2D eigenvalue weighted by molar-refractivity contribution is -0.157. The van der Waals surface area contributed by atoms with Gasteiger partial charge in [0.25, 0.3) is 0 Å². The number of hydrogen-bond acceptors (Lipinski definition) is 3. The van der Waals surface area contributed by atoms with E-state index in [1.54, 1.807) is 23.1 Å². The van der Waals surface area contributed by atoms with E-state index in [1.165, 1.54) is 0 Å².